The summed E-state index contributed by atoms with van der Waals surface area (Å²) in [7, 11) is -2.89. The van der Waals surface area contributed by atoms with Gasteiger partial charge in [0.15, 0.2) is 25.5 Å². The summed E-state index contributed by atoms with van der Waals surface area (Å²) in [6.07, 6.45) is 0. The van der Waals surface area contributed by atoms with Crippen molar-refractivity contribution in [1.82, 2.24) is 15.0 Å². The Bertz CT molecular complexity index is 3260. The summed E-state index contributed by atoms with van der Waals surface area (Å²) in [6.45, 7) is 0. The maximum Gasteiger partial charge on any atom is 0.180 e. The molecule has 0 radical (unpaired) electrons. The van der Waals surface area contributed by atoms with Gasteiger partial charge in [0.2, 0.25) is 0 Å². The number of hydrogen-bond acceptors (Lipinski definition) is 5. The lowest BCUT2D eigenvalue weighted by Crippen LogP contribution is -2.79. The second kappa shape index (κ2) is 15.4. The zero-order valence-corrected chi connectivity index (χ0v) is 36.3. The van der Waals surface area contributed by atoms with E-state index >= 15 is 0 Å². The Morgan fingerprint density at radius 3 is 1.22 bits per heavy atom. The molecule has 0 aliphatic carbocycles. The minimum Gasteiger partial charge on any atom is -0.308 e. The number of hydrogen-bond donors (Lipinski definition) is 0. The molecule has 3 heterocycles. The molecule has 0 saturated heterocycles. The highest BCUT2D eigenvalue weighted by Gasteiger charge is 2.57. The molecule has 12 rings (SSSR count). The summed E-state index contributed by atoms with van der Waals surface area (Å²) in [4.78, 5) is 17.2. The Morgan fingerprint density at radius 2 is 0.754 bits per heavy atom. The van der Waals surface area contributed by atoms with Gasteiger partial charge in [-0.25, -0.2) is 15.0 Å². The number of benzene rings is 9. The molecule has 304 valence electrons. The van der Waals surface area contributed by atoms with Crippen molar-refractivity contribution in [2.24, 2.45) is 0 Å². The van der Waals surface area contributed by atoms with Gasteiger partial charge in [-0.3, -0.25) is 0 Å². The van der Waals surface area contributed by atoms with Crippen LogP contribution < -0.4 is 25.6 Å². The molecular formula is C59H39N5Si. The molecule has 2 aliphatic heterocycles. The van der Waals surface area contributed by atoms with Crippen molar-refractivity contribution in [2.75, 3.05) is 4.90 Å². The average Bonchev–Trinajstić information content (AvgIpc) is 3.39. The van der Waals surface area contributed by atoms with Gasteiger partial charge in [-0.2, -0.15) is 5.26 Å². The van der Waals surface area contributed by atoms with Crippen molar-refractivity contribution in [3.8, 4) is 40.2 Å². The summed E-state index contributed by atoms with van der Waals surface area (Å²) >= 11 is 0. The first-order valence-electron chi connectivity index (χ1n) is 21.9. The van der Waals surface area contributed by atoms with Crippen LogP contribution in [0.5, 0.6) is 0 Å². The topological polar surface area (TPSA) is 65.7 Å². The van der Waals surface area contributed by atoms with Gasteiger partial charge in [0.05, 0.1) is 28.0 Å². The average molecular weight is 846 g/mol. The predicted octanol–water partition coefficient (Wildman–Crippen LogP) is 10.6. The summed E-state index contributed by atoms with van der Waals surface area (Å²) in [5, 5.41) is 16.6. The number of anilines is 3. The molecule has 0 bridgehead atoms. The van der Waals surface area contributed by atoms with Gasteiger partial charge in [0.1, 0.15) is 6.07 Å². The Hall–Kier alpha value is -8.50. The fourth-order valence-electron chi connectivity index (χ4n) is 10.7. The second-order valence-electron chi connectivity index (χ2n) is 16.6. The van der Waals surface area contributed by atoms with E-state index in [2.05, 4.69) is 175 Å². The van der Waals surface area contributed by atoms with Gasteiger partial charge in [-0.05, 0) is 73.3 Å². The first kappa shape index (κ1) is 38.2. The van der Waals surface area contributed by atoms with E-state index < -0.39 is 13.5 Å². The maximum absolute atomic E-state index is 11.1. The third kappa shape index (κ3) is 5.73. The molecule has 0 fully saturated rings. The molecule has 1 spiro atoms. The van der Waals surface area contributed by atoms with E-state index in [0.29, 0.717) is 23.0 Å². The second-order valence-corrected chi connectivity index (χ2v) is 20.3. The van der Waals surface area contributed by atoms with E-state index in [1.165, 1.54) is 31.9 Å². The number of aromatic nitrogens is 3. The van der Waals surface area contributed by atoms with Crippen molar-refractivity contribution in [1.29, 1.82) is 5.26 Å². The van der Waals surface area contributed by atoms with E-state index in [9.17, 15) is 5.26 Å². The molecule has 9 aromatic carbocycles. The standard InChI is InChI=1S/C59H39N5Si/c60-40-44-39-43(58-62-56(41-21-5-1-6-22-41)61-57(63-58)42-23-7-2-8-24-42)37-38-51(44)64-52-33-17-13-29-47(52)59(48-30-14-18-34-53(48)64)49-31-15-19-35-54(49)65(45-25-9-3-10-26-45,46-27-11-4-12-28-46)55-36-20-16-32-50(55)59/h1-39H. The monoisotopic (exact) mass is 845 g/mol. The molecule has 0 atom stereocenters. The summed E-state index contributed by atoms with van der Waals surface area (Å²) < 4.78 is 0. The molecule has 0 amide bonds. The fraction of sp³-hybridized carbons (Fsp3) is 0.0169. The SMILES string of the molecule is N#Cc1cc(-c2nc(-c3ccccc3)nc(-c3ccccc3)n2)ccc1N1c2ccccc2C2(c3ccccc31)c1ccccc1[Si](c1ccccc1)(c1ccccc1)c1ccccc12. The first-order chi connectivity index (χ1) is 32.2. The van der Waals surface area contributed by atoms with Crippen molar-refractivity contribution >= 4 is 45.9 Å². The smallest absolute Gasteiger partial charge is 0.180 e. The zero-order valence-electron chi connectivity index (χ0n) is 35.3. The highest BCUT2D eigenvalue weighted by atomic mass is 28.3. The minimum absolute atomic E-state index is 0.499. The van der Waals surface area contributed by atoms with E-state index in [4.69, 9.17) is 15.0 Å². The number of rotatable bonds is 6. The van der Waals surface area contributed by atoms with Crippen LogP contribution in [0.15, 0.2) is 237 Å². The van der Waals surface area contributed by atoms with Crippen LogP contribution in [0.2, 0.25) is 0 Å². The van der Waals surface area contributed by atoms with Gasteiger partial charge in [-0.1, -0.05) is 206 Å². The molecule has 65 heavy (non-hydrogen) atoms. The van der Waals surface area contributed by atoms with Crippen LogP contribution in [-0.2, 0) is 5.41 Å². The number of fused-ring (bicyclic) bond motifs is 8. The largest absolute Gasteiger partial charge is 0.308 e. The van der Waals surface area contributed by atoms with Crippen LogP contribution in [0.25, 0.3) is 34.2 Å². The quantitative estimate of drug-likeness (QED) is 0.156. The highest BCUT2D eigenvalue weighted by Crippen LogP contribution is 2.58. The lowest BCUT2D eigenvalue weighted by molar-refractivity contribution is 0.736. The van der Waals surface area contributed by atoms with Crippen LogP contribution >= 0.6 is 0 Å². The van der Waals surface area contributed by atoms with Crippen LogP contribution in [0.3, 0.4) is 0 Å². The first-order valence-corrected chi connectivity index (χ1v) is 23.9. The fourth-order valence-corrected chi connectivity index (χ4v) is 16.0. The Balaban J connectivity index is 1.09. The van der Waals surface area contributed by atoms with E-state index in [1.807, 2.05) is 72.8 Å². The molecule has 1 aromatic heterocycles. The Morgan fingerprint density at radius 1 is 0.369 bits per heavy atom. The van der Waals surface area contributed by atoms with Gasteiger partial charge in [-0.15, -0.1) is 0 Å². The normalized spacial score (nSPS) is 13.7. The molecule has 0 N–H and O–H groups in total. The molecule has 5 nitrogen and oxygen atoms in total. The number of nitrogens with zero attached hydrogens (tertiary/aromatic N) is 5. The molecule has 0 saturated carbocycles. The predicted molar refractivity (Wildman–Crippen MR) is 265 cm³/mol. The summed E-state index contributed by atoms with van der Waals surface area (Å²) in [5.41, 5.74) is 10.0. The number of para-hydroxylation sites is 2. The molecule has 0 unspecified atom stereocenters. The van der Waals surface area contributed by atoms with Gasteiger partial charge < -0.3 is 4.90 Å². The van der Waals surface area contributed by atoms with E-state index in [0.717, 1.165) is 44.9 Å². The zero-order chi connectivity index (χ0) is 43.4. The highest BCUT2D eigenvalue weighted by molar-refractivity contribution is 7.20. The van der Waals surface area contributed by atoms with E-state index in [-0.39, 0.29) is 0 Å². The van der Waals surface area contributed by atoms with Gasteiger partial charge in [0.25, 0.3) is 0 Å². The molecular weight excluding hydrogens is 807 g/mol. The lowest BCUT2D eigenvalue weighted by Gasteiger charge is -2.53. The Kier molecular flexibility index (Phi) is 9.04. The minimum atomic E-state index is -2.89. The van der Waals surface area contributed by atoms with Crippen molar-refractivity contribution in [3.63, 3.8) is 0 Å². The van der Waals surface area contributed by atoms with Crippen LogP contribution in [0.4, 0.5) is 17.1 Å². The van der Waals surface area contributed by atoms with E-state index in [1.54, 1.807) is 0 Å². The van der Waals surface area contributed by atoms with Crippen LogP contribution in [-0.4, -0.2) is 23.0 Å². The van der Waals surface area contributed by atoms with Crippen LogP contribution in [0.1, 0.15) is 27.8 Å². The molecule has 2 aliphatic rings. The van der Waals surface area contributed by atoms with Gasteiger partial charge in [0, 0.05) is 16.7 Å². The van der Waals surface area contributed by atoms with Crippen molar-refractivity contribution in [3.05, 3.63) is 264 Å². The third-order valence-electron chi connectivity index (χ3n) is 13.3. The van der Waals surface area contributed by atoms with Crippen molar-refractivity contribution in [2.45, 2.75) is 5.41 Å². The lowest BCUT2D eigenvalue weighted by atomic mass is 9.62. The van der Waals surface area contributed by atoms with Crippen LogP contribution in [0, 0.1) is 11.3 Å². The maximum atomic E-state index is 11.1. The number of nitriles is 1. The summed E-state index contributed by atoms with van der Waals surface area (Å²) in [6, 6.07) is 86.9. The molecule has 10 aromatic rings. The third-order valence-corrected chi connectivity index (χ3v) is 18.2. The molecule has 6 heteroatoms. The van der Waals surface area contributed by atoms with Gasteiger partial charge >= 0.3 is 0 Å². The summed E-state index contributed by atoms with van der Waals surface area (Å²) in [5.74, 6) is 1.64. The van der Waals surface area contributed by atoms with Crippen molar-refractivity contribution < 1.29 is 0 Å². The Labute approximate surface area is 379 Å².